The molecule has 0 saturated carbocycles. The van der Waals surface area contributed by atoms with Crippen LogP contribution < -0.4 is 0 Å². The highest BCUT2D eigenvalue weighted by molar-refractivity contribution is 6.33. The molecule has 130 valence electrons. The second-order valence-corrected chi connectivity index (χ2v) is 5.63. The van der Waals surface area contributed by atoms with Crippen molar-refractivity contribution in [2.24, 2.45) is 0 Å². The number of nitrogens with zero attached hydrogens (tertiary/aromatic N) is 2. The second kappa shape index (κ2) is 8.32. The lowest BCUT2D eigenvalue weighted by Gasteiger charge is -2.05. The van der Waals surface area contributed by atoms with E-state index in [9.17, 15) is 4.79 Å². The molecule has 2 aromatic carbocycles. The van der Waals surface area contributed by atoms with Crippen LogP contribution in [0.4, 0.5) is 0 Å². The molecule has 0 amide bonds. The van der Waals surface area contributed by atoms with Gasteiger partial charge in [-0.25, -0.2) is 4.79 Å². The first kappa shape index (κ1) is 17.7. The summed E-state index contributed by atoms with van der Waals surface area (Å²) in [5, 5.41) is 8.59. The SMILES string of the molecule is CCC#CCOC(=O)c1ccccc1-c1nnc(-c2ccccc2Cl)o1. The van der Waals surface area contributed by atoms with Crippen molar-refractivity contribution in [2.75, 3.05) is 6.61 Å². The third-order valence-electron chi connectivity index (χ3n) is 3.48. The minimum atomic E-state index is -0.497. The van der Waals surface area contributed by atoms with Crippen molar-refractivity contribution in [1.82, 2.24) is 10.2 Å². The van der Waals surface area contributed by atoms with Gasteiger partial charge in [-0.2, -0.15) is 0 Å². The van der Waals surface area contributed by atoms with E-state index >= 15 is 0 Å². The molecule has 0 saturated heterocycles. The number of ether oxygens (including phenoxy) is 1. The van der Waals surface area contributed by atoms with Gasteiger partial charge in [-0.1, -0.05) is 48.7 Å². The van der Waals surface area contributed by atoms with E-state index in [1.54, 1.807) is 36.4 Å². The molecule has 3 aromatic rings. The maximum absolute atomic E-state index is 12.3. The van der Waals surface area contributed by atoms with Crippen LogP contribution in [0.1, 0.15) is 23.7 Å². The molecule has 1 aromatic heterocycles. The van der Waals surface area contributed by atoms with Crippen LogP contribution in [0.2, 0.25) is 5.02 Å². The summed E-state index contributed by atoms with van der Waals surface area (Å²) in [5.74, 6) is 5.61. The summed E-state index contributed by atoms with van der Waals surface area (Å²) in [4.78, 5) is 12.3. The molecule has 0 bridgehead atoms. The molecule has 0 aliphatic carbocycles. The number of benzene rings is 2. The Labute approximate surface area is 156 Å². The van der Waals surface area contributed by atoms with Gasteiger partial charge in [-0.3, -0.25) is 0 Å². The quantitative estimate of drug-likeness (QED) is 0.497. The van der Waals surface area contributed by atoms with Crippen LogP contribution in [0.15, 0.2) is 52.9 Å². The Bertz CT molecular complexity index is 986. The lowest BCUT2D eigenvalue weighted by Crippen LogP contribution is -2.07. The lowest BCUT2D eigenvalue weighted by atomic mass is 10.1. The molecule has 26 heavy (non-hydrogen) atoms. The minimum Gasteiger partial charge on any atom is -0.449 e. The van der Waals surface area contributed by atoms with E-state index in [0.717, 1.165) is 0 Å². The van der Waals surface area contributed by atoms with Crippen molar-refractivity contribution in [3.8, 4) is 34.7 Å². The zero-order valence-corrected chi connectivity index (χ0v) is 14.8. The van der Waals surface area contributed by atoms with E-state index in [4.69, 9.17) is 20.8 Å². The number of rotatable bonds is 4. The topological polar surface area (TPSA) is 65.2 Å². The fourth-order valence-electron chi connectivity index (χ4n) is 2.28. The van der Waals surface area contributed by atoms with Gasteiger partial charge < -0.3 is 9.15 Å². The predicted octanol–water partition coefficient (Wildman–Crippen LogP) is 4.63. The molecular weight excluding hydrogens is 352 g/mol. The molecule has 0 spiro atoms. The monoisotopic (exact) mass is 366 g/mol. The number of hydrogen-bond acceptors (Lipinski definition) is 5. The number of halogens is 1. The first-order valence-corrected chi connectivity index (χ1v) is 8.39. The Morgan fingerprint density at radius 1 is 1.04 bits per heavy atom. The molecule has 0 atom stereocenters. The zero-order valence-electron chi connectivity index (χ0n) is 14.0. The van der Waals surface area contributed by atoms with Crippen LogP contribution in [0.5, 0.6) is 0 Å². The normalized spacial score (nSPS) is 10.1. The summed E-state index contributed by atoms with van der Waals surface area (Å²) < 4.78 is 10.9. The van der Waals surface area contributed by atoms with Crippen LogP contribution in [-0.4, -0.2) is 22.8 Å². The molecule has 0 N–H and O–H groups in total. The maximum atomic E-state index is 12.3. The highest BCUT2D eigenvalue weighted by Crippen LogP contribution is 2.30. The summed E-state index contributed by atoms with van der Waals surface area (Å²) in [5.41, 5.74) is 1.45. The Kier molecular flexibility index (Phi) is 5.67. The summed E-state index contributed by atoms with van der Waals surface area (Å²) in [6, 6.07) is 14.0. The predicted molar refractivity (Wildman–Crippen MR) is 98.5 cm³/mol. The zero-order chi connectivity index (χ0) is 18.4. The van der Waals surface area contributed by atoms with Gasteiger partial charge >= 0.3 is 5.97 Å². The number of esters is 1. The van der Waals surface area contributed by atoms with Crippen LogP contribution in [-0.2, 0) is 4.74 Å². The Morgan fingerprint density at radius 3 is 2.42 bits per heavy atom. The maximum Gasteiger partial charge on any atom is 0.339 e. The molecule has 6 heteroatoms. The van der Waals surface area contributed by atoms with Crippen LogP contribution in [0.3, 0.4) is 0 Å². The van der Waals surface area contributed by atoms with E-state index in [-0.39, 0.29) is 18.4 Å². The number of carbonyl (C=O) groups is 1. The van der Waals surface area contributed by atoms with Gasteiger partial charge in [0.05, 0.1) is 21.7 Å². The standard InChI is InChI=1S/C20H15ClN2O3/c1-2-3-8-13-25-20(24)15-10-5-4-9-14(15)18-22-23-19(26-18)16-11-6-7-12-17(16)21/h4-7,9-12H,2,13H2,1H3. The van der Waals surface area contributed by atoms with E-state index in [2.05, 4.69) is 22.0 Å². The molecule has 1 heterocycles. The molecule has 3 rings (SSSR count). The van der Waals surface area contributed by atoms with Crippen LogP contribution in [0, 0.1) is 11.8 Å². The van der Waals surface area contributed by atoms with Crippen molar-refractivity contribution in [3.05, 3.63) is 59.1 Å². The molecule has 0 radical (unpaired) electrons. The van der Waals surface area contributed by atoms with Crippen molar-refractivity contribution >= 4 is 17.6 Å². The molecule has 0 unspecified atom stereocenters. The molecule has 0 aliphatic rings. The van der Waals surface area contributed by atoms with Gasteiger partial charge in [-0.15, -0.1) is 16.1 Å². The van der Waals surface area contributed by atoms with Crippen molar-refractivity contribution in [3.63, 3.8) is 0 Å². The summed E-state index contributed by atoms with van der Waals surface area (Å²) in [7, 11) is 0. The van der Waals surface area contributed by atoms with E-state index < -0.39 is 5.97 Å². The minimum absolute atomic E-state index is 0.0374. The average Bonchev–Trinajstić information content (AvgIpc) is 3.15. The van der Waals surface area contributed by atoms with E-state index in [1.165, 1.54) is 0 Å². The van der Waals surface area contributed by atoms with Gasteiger partial charge in [0.25, 0.3) is 0 Å². The van der Waals surface area contributed by atoms with E-state index in [0.29, 0.717) is 28.1 Å². The fourth-order valence-corrected chi connectivity index (χ4v) is 2.50. The van der Waals surface area contributed by atoms with Gasteiger partial charge in [0.2, 0.25) is 11.8 Å². The van der Waals surface area contributed by atoms with Gasteiger partial charge in [-0.05, 0) is 24.3 Å². The first-order chi connectivity index (χ1) is 12.7. The van der Waals surface area contributed by atoms with Gasteiger partial charge in [0.1, 0.15) is 0 Å². The molecule has 5 nitrogen and oxygen atoms in total. The molecule has 0 fully saturated rings. The second-order valence-electron chi connectivity index (χ2n) is 5.22. The first-order valence-electron chi connectivity index (χ1n) is 8.01. The summed E-state index contributed by atoms with van der Waals surface area (Å²) in [6.45, 7) is 1.96. The van der Waals surface area contributed by atoms with Crippen molar-refractivity contribution in [2.45, 2.75) is 13.3 Å². The fraction of sp³-hybridized carbons (Fsp3) is 0.150. The largest absolute Gasteiger partial charge is 0.449 e. The summed E-state index contributed by atoms with van der Waals surface area (Å²) >= 11 is 6.16. The molecular formula is C20H15ClN2O3. The van der Waals surface area contributed by atoms with Crippen molar-refractivity contribution < 1.29 is 13.9 Å². The number of aromatic nitrogens is 2. The Hall–Kier alpha value is -3.10. The molecule has 0 aliphatic heterocycles. The Morgan fingerprint density at radius 2 is 1.69 bits per heavy atom. The highest BCUT2D eigenvalue weighted by Gasteiger charge is 2.19. The van der Waals surface area contributed by atoms with Gasteiger partial charge in [0.15, 0.2) is 6.61 Å². The third kappa shape index (κ3) is 3.93. The number of hydrogen-bond donors (Lipinski definition) is 0. The van der Waals surface area contributed by atoms with Crippen LogP contribution in [0.25, 0.3) is 22.9 Å². The lowest BCUT2D eigenvalue weighted by molar-refractivity contribution is 0.0557. The number of carbonyl (C=O) groups excluding carboxylic acids is 1. The van der Waals surface area contributed by atoms with Gasteiger partial charge in [0, 0.05) is 6.42 Å². The highest BCUT2D eigenvalue weighted by atomic mass is 35.5. The Balaban J connectivity index is 1.89. The van der Waals surface area contributed by atoms with Crippen molar-refractivity contribution in [1.29, 1.82) is 0 Å². The summed E-state index contributed by atoms with van der Waals surface area (Å²) in [6.07, 6.45) is 0.709. The smallest absolute Gasteiger partial charge is 0.339 e. The average molecular weight is 367 g/mol. The third-order valence-corrected chi connectivity index (χ3v) is 3.81. The van der Waals surface area contributed by atoms with E-state index in [1.807, 2.05) is 19.1 Å². The van der Waals surface area contributed by atoms with Crippen LogP contribution >= 0.6 is 11.6 Å².